The van der Waals surface area contributed by atoms with Crippen LogP contribution in [-0.4, -0.2) is 42.1 Å². The van der Waals surface area contributed by atoms with Gasteiger partial charge in [-0.1, -0.05) is 13.0 Å². The molecule has 2 N–H and O–H groups in total. The molecule has 0 saturated heterocycles. The summed E-state index contributed by atoms with van der Waals surface area (Å²) < 4.78 is 0. The Hall–Kier alpha value is -1.52. The number of allylic oxidation sites excluding steroid dienone is 1. The molecular formula is C13H24N2O3. The molecule has 2 amide bonds. The molecule has 104 valence electrons. The van der Waals surface area contributed by atoms with Crippen LogP contribution in [0.2, 0.25) is 0 Å². The minimum atomic E-state index is -1.02. The first kappa shape index (κ1) is 16.5. The number of nitrogens with zero attached hydrogens (tertiary/aromatic N) is 1. The van der Waals surface area contributed by atoms with Gasteiger partial charge < -0.3 is 15.3 Å². The summed E-state index contributed by atoms with van der Waals surface area (Å²) in [5.74, 6) is 0.299. The van der Waals surface area contributed by atoms with Crippen molar-refractivity contribution in [3.8, 4) is 0 Å². The Kier molecular flexibility index (Phi) is 8.70. The maximum Gasteiger partial charge on any atom is 0.404 e. The van der Waals surface area contributed by atoms with E-state index in [0.717, 1.165) is 19.4 Å². The Morgan fingerprint density at radius 1 is 1.50 bits per heavy atom. The lowest BCUT2D eigenvalue weighted by Gasteiger charge is -2.19. The molecule has 0 fully saturated rings. The fraction of sp³-hybridized carbons (Fsp3) is 0.692. The molecule has 0 bridgehead atoms. The highest BCUT2D eigenvalue weighted by Gasteiger charge is 2.13. The van der Waals surface area contributed by atoms with Crippen LogP contribution in [0.1, 0.15) is 32.6 Å². The fourth-order valence-electron chi connectivity index (χ4n) is 1.58. The minimum absolute atomic E-state index is 0.113. The second-order valence-electron chi connectivity index (χ2n) is 4.58. The van der Waals surface area contributed by atoms with Crippen LogP contribution in [0.3, 0.4) is 0 Å². The predicted octanol–water partition coefficient (Wildman–Crippen LogP) is 2.09. The molecule has 0 aliphatic carbocycles. The van der Waals surface area contributed by atoms with Gasteiger partial charge in [0.25, 0.3) is 0 Å². The van der Waals surface area contributed by atoms with Crippen molar-refractivity contribution in [3.63, 3.8) is 0 Å². The number of nitrogens with one attached hydrogen (secondary N) is 1. The molecule has 0 aliphatic rings. The third-order valence-corrected chi connectivity index (χ3v) is 2.76. The minimum Gasteiger partial charge on any atom is -0.465 e. The average Bonchev–Trinajstić information content (AvgIpc) is 2.28. The summed E-state index contributed by atoms with van der Waals surface area (Å²) in [6.45, 7) is 6.73. The van der Waals surface area contributed by atoms with E-state index in [0.29, 0.717) is 19.4 Å². The summed E-state index contributed by atoms with van der Waals surface area (Å²) in [6, 6.07) is 0. The normalized spacial score (nSPS) is 11.7. The van der Waals surface area contributed by atoms with Crippen LogP contribution in [-0.2, 0) is 4.79 Å². The first-order valence-corrected chi connectivity index (χ1v) is 6.29. The average molecular weight is 256 g/mol. The Bertz CT molecular complexity index is 279. The Balaban J connectivity index is 3.77. The highest BCUT2D eigenvalue weighted by Crippen LogP contribution is 2.09. The molecule has 1 unspecified atom stereocenters. The van der Waals surface area contributed by atoms with Gasteiger partial charge in [-0.05, 0) is 25.2 Å². The van der Waals surface area contributed by atoms with Crippen molar-refractivity contribution >= 4 is 12.0 Å². The van der Waals surface area contributed by atoms with E-state index in [1.807, 2.05) is 13.0 Å². The van der Waals surface area contributed by atoms with E-state index in [9.17, 15) is 9.59 Å². The lowest BCUT2D eigenvalue weighted by molar-refractivity contribution is -0.130. The molecule has 0 rings (SSSR count). The molecule has 0 heterocycles. The molecule has 0 aromatic carbocycles. The smallest absolute Gasteiger partial charge is 0.404 e. The predicted molar refractivity (Wildman–Crippen MR) is 71.5 cm³/mol. The van der Waals surface area contributed by atoms with Crippen LogP contribution in [0.25, 0.3) is 0 Å². The van der Waals surface area contributed by atoms with Gasteiger partial charge in [0.2, 0.25) is 5.91 Å². The van der Waals surface area contributed by atoms with Crippen molar-refractivity contribution in [3.05, 3.63) is 12.7 Å². The van der Waals surface area contributed by atoms with Crippen LogP contribution >= 0.6 is 0 Å². The van der Waals surface area contributed by atoms with Gasteiger partial charge in [0, 0.05) is 26.6 Å². The number of rotatable bonds is 9. The molecule has 5 heteroatoms. The lowest BCUT2D eigenvalue weighted by atomic mass is 10.0. The van der Waals surface area contributed by atoms with E-state index in [1.165, 1.54) is 0 Å². The van der Waals surface area contributed by atoms with E-state index in [-0.39, 0.29) is 11.8 Å². The quantitative estimate of drug-likeness (QED) is 0.490. The maximum absolute atomic E-state index is 11.8. The van der Waals surface area contributed by atoms with E-state index < -0.39 is 6.09 Å². The molecule has 0 aliphatic heterocycles. The summed E-state index contributed by atoms with van der Waals surface area (Å²) in [5.41, 5.74) is 0. The van der Waals surface area contributed by atoms with Gasteiger partial charge in [0.05, 0.1) is 0 Å². The summed E-state index contributed by atoms with van der Waals surface area (Å²) in [6.07, 6.45) is 3.81. The monoisotopic (exact) mass is 256 g/mol. The number of carbonyl (C=O) groups is 2. The van der Waals surface area contributed by atoms with Gasteiger partial charge in [-0.3, -0.25) is 4.79 Å². The molecule has 0 aromatic rings. The Morgan fingerprint density at radius 3 is 2.72 bits per heavy atom. The number of hydrogen-bond donors (Lipinski definition) is 2. The van der Waals surface area contributed by atoms with Gasteiger partial charge in [-0.2, -0.15) is 0 Å². The SMILES string of the molecule is C=CCCCN(C)C(=O)CC(C)CCNC(=O)O. The molecule has 0 spiro atoms. The molecule has 0 saturated carbocycles. The van der Waals surface area contributed by atoms with Gasteiger partial charge in [-0.15, -0.1) is 6.58 Å². The maximum atomic E-state index is 11.8. The highest BCUT2D eigenvalue weighted by atomic mass is 16.4. The van der Waals surface area contributed by atoms with Crippen LogP contribution in [0, 0.1) is 5.92 Å². The van der Waals surface area contributed by atoms with E-state index in [2.05, 4.69) is 11.9 Å². The van der Waals surface area contributed by atoms with Gasteiger partial charge in [0.15, 0.2) is 0 Å². The topological polar surface area (TPSA) is 69.6 Å². The van der Waals surface area contributed by atoms with Crippen molar-refractivity contribution in [2.75, 3.05) is 20.1 Å². The molecule has 1 atom stereocenters. The third kappa shape index (κ3) is 8.61. The van der Waals surface area contributed by atoms with Crippen molar-refractivity contribution < 1.29 is 14.7 Å². The van der Waals surface area contributed by atoms with Crippen LogP contribution in [0.5, 0.6) is 0 Å². The lowest BCUT2D eigenvalue weighted by Crippen LogP contribution is -2.30. The van der Waals surface area contributed by atoms with Crippen molar-refractivity contribution in [2.45, 2.75) is 32.6 Å². The molecule has 18 heavy (non-hydrogen) atoms. The van der Waals surface area contributed by atoms with Crippen LogP contribution in [0.15, 0.2) is 12.7 Å². The molecular weight excluding hydrogens is 232 g/mol. The fourth-order valence-corrected chi connectivity index (χ4v) is 1.58. The Morgan fingerprint density at radius 2 is 2.17 bits per heavy atom. The van der Waals surface area contributed by atoms with Crippen molar-refractivity contribution in [2.24, 2.45) is 5.92 Å². The van der Waals surface area contributed by atoms with Crippen LogP contribution < -0.4 is 5.32 Å². The highest BCUT2D eigenvalue weighted by molar-refractivity contribution is 5.76. The van der Waals surface area contributed by atoms with Crippen LogP contribution in [0.4, 0.5) is 4.79 Å². The summed E-state index contributed by atoms with van der Waals surface area (Å²) in [7, 11) is 1.80. The largest absolute Gasteiger partial charge is 0.465 e. The van der Waals surface area contributed by atoms with E-state index in [4.69, 9.17) is 5.11 Å². The zero-order valence-electron chi connectivity index (χ0n) is 11.3. The summed E-state index contributed by atoms with van der Waals surface area (Å²) >= 11 is 0. The third-order valence-electron chi connectivity index (χ3n) is 2.76. The number of unbranched alkanes of at least 4 members (excludes halogenated alkanes) is 1. The molecule has 0 radical (unpaired) electrons. The number of hydrogen-bond acceptors (Lipinski definition) is 2. The van der Waals surface area contributed by atoms with Crippen molar-refractivity contribution in [1.29, 1.82) is 0 Å². The number of amides is 2. The second kappa shape index (κ2) is 9.50. The zero-order chi connectivity index (χ0) is 14.0. The van der Waals surface area contributed by atoms with Gasteiger partial charge in [0.1, 0.15) is 0 Å². The first-order chi connectivity index (χ1) is 8.47. The first-order valence-electron chi connectivity index (χ1n) is 6.29. The standard InChI is InChI=1S/C13H24N2O3/c1-4-5-6-9-15(3)12(16)10-11(2)7-8-14-13(17)18/h4,11,14H,1,5-10H2,2-3H3,(H,17,18). The van der Waals surface area contributed by atoms with E-state index in [1.54, 1.807) is 11.9 Å². The van der Waals surface area contributed by atoms with Gasteiger partial charge >= 0.3 is 6.09 Å². The number of carboxylic acid groups (broad SMARTS) is 1. The molecule has 0 aromatic heterocycles. The number of carbonyl (C=O) groups excluding carboxylic acids is 1. The van der Waals surface area contributed by atoms with E-state index >= 15 is 0 Å². The molecule has 5 nitrogen and oxygen atoms in total. The summed E-state index contributed by atoms with van der Waals surface area (Å²) in [4.78, 5) is 23.8. The second-order valence-corrected chi connectivity index (χ2v) is 4.58. The van der Waals surface area contributed by atoms with Gasteiger partial charge in [-0.25, -0.2) is 4.79 Å². The zero-order valence-corrected chi connectivity index (χ0v) is 11.3. The van der Waals surface area contributed by atoms with Crippen molar-refractivity contribution in [1.82, 2.24) is 10.2 Å². The Labute approximate surface area is 109 Å². The summed E-state index contributed by atoms with van der Waals surface area (Å²) in [5, 5.41) is 10.7.